The number of nitro groups is 1. The van der Waals surface area contributed by atoms with Gasteiger partial charge in [0.15, 0.2) is 0 Å². The number of carbonyl (C=O) groups is 1. The van der Waals surface area contributed by atoms with Gasteiger partial charge in [0.1, 0.15) is 0 Å². The van der Waals surface area contributed by atoms with Gasteiger partial charge in [-0.05, 0) is 5.56 Å². The standard InChI is InChI=1S/C12H13NO4/c1-3-10(9-7-5-4-6-8-9)11(13(15)16)12(14)17-2/h3-8,10-11H,1H2,2H3. The molecule has 1 rings (SSSR count). The van der Waals surface area contributed by atoms with E-state index in [0.29, 0.717) is 5.56 Å². The lowest BCUT2D eigenvalue weighted by atomic mass is 9.92. The second kappa shape index (κ2) is 5.79. The number of ether oxygens (including phenoxy) is 1. The molecule has 0 bridgehead atoms. The highest BCUT2D eigenvalue weighted by Gasteiger charge is 2.38. The van der Waals surface area contributed by atoms with E-state index in [1.165, 1.54) is 6.08 Å². The predicted molar refractivity (Wildman–Crippen MR) is 62.2 cm³/mol. The molecule has 1 aromatic rings. The van der Waals surface area contributed by atoms with Gasteiger partial charge in [0.25, 0.3) is 0 Å². The highest BCUT2D eigenvalue weighted by atomic mass is 16.6. The minimum absolute atomic E-state index is 0.648. The van der Waals surface area contributed by atoms with E-state index in [1.54, 1.807) is 30.3 Å². The van der Waals surface area contributed by atoms with Crippen molar-refractivity contribution >= 4 is 5.97 Å². The summed E-state index contributed by atoms with van der Waals surface area (Å²) in [6.07, 6.45) is 1.39. The smallest absolute Gasteiger partial charge is 0.382 e. The monoisotopic (exact) mass is 235 g/mol. The fourth-order valence-corrected chi connectivity index (χ4v) is 1.61. The van der Waals surface area contributed by atoms with Gasteiger partial charge in [0.05, 0.1) is 13.0 Å². The minimum atomic E-state index is -1.46. The van der Waals surface area contributed by atoms with E-state index in [-0.39, 0.29) is 0 Å². The van der Waals surface area contributed by atoms with E-state index >= 15 is 0 Å². The number of methoxy groups -OCH3 is 1. The van der Waals surface area contributed by atoms with Crippen LogP contribution < -0.4 is 0 Å². The highest BCUT2D eigenvalue weighted by Crippen LogP contribution is 2.23. The summed E-state index contributed by atoms with van der Waals surface area (Å²) in [4.78, 5) is 21.7. The van der Waals surface area contributed by atoms with Crippen molar-refractivity contribution in [3.63, 3.8) is 0 Å². The highest BCUT2D eigenvalue weighted by molar-refractivity contribution is 5.76. The van der Waals surface area contributed by atoms with Crippen molar-refractivity contribution in [2.75, 3.05) is 7.11 Å². The van der Waals surface area contributed by atoms with Gasteiger partial charge in [-0.2, -0.15) is 0 Å². The van der Waals surface area contributed by atoms with Crippen molar-refractivity contribution in [1.29, 1.82) is 0 Å². The van der Waals surface area contributed by atoms with Gasteiger partial charge in [-0.15, -0.1) is 6.58 Å². The Hall–Kier alpha value is -2.17. The summed E-state index contributed by atoms with van der Waals surface area (Å²) in [5, 5.41) is 10.9. The lowest BCUT2D eigenvalue weighted by Crippen LogP contribution is -2.35. The molecule has 0 fully saturated rings. The van der Waals surface area contributed by atoms with Crippen LogP contribution in [-0.2, 0) is 9.53 Å². The number of nitrogens with zero attached hydrogens (tertiary/aromatic N) is 1. The first-order chi connectivity index (χ1) is 8.11. The fraction of sp³-hybridized carbons (Fsp3) is 0.250. The summed E-state index contributed by atoms with van der Waals surface area (Å²) in [7, 11) is 1.13. The molecule has 0 spiro atoms. The van der Waals surface area contributed by atoms with Crippen LogP contribution in [0.25, 0.3) is 0 Å². The van der Waals surface area contributed by atoms with E-state index in [4.69, 9.17) is 0 Å². The van der Waals surface area contributed by atoms with Crippen LogP contribution in [0.4, 0.5) is 0 Å². The zero-order chi connectivity index (χ0) is 12.8. The number of hydrogen-bond acceptors (Lipinski definition) is 4. The van der Waals surface area contributed by atoms with Crippen LogP contribution >= 0.6 is 0 Å². The molecule has 0 amide bonds. The molecule has 0 saturated heterocycles. The molecule has 17 heavy (non-hydrogen) atoms. The van der Waals surface area contributed by atoms with Gasteiger partial charge >= 0.3 is 12.0 Å². The number of carbonyl (C=O) groups excluding carboxylic acids is 1. The van der Waals surface area contributed by atoms with Gasteiger partial charge in [0.2, 0.25) is 0 Å². The van der Waals surface area contributed by atoms with Gasteiger partial charge in [-0.1, -0.05) is 36.4 Å². The molecule has 1 aromatic carbocycles. The van der Waals surface area contributed by atoms with Crippen molar-refractivity contribution in [3.8, 4) is 0 Å². The summed E-state index contributed by atoms with van der Waals surface area (Å²) in [6, 6.07) is 7.26. The lowest BCUT2D eigenvalue weighted by Gasteiger charge is -2.15. The number of esters is 1. The molecule has 0 aliphatic rings. The molecule has 90 valence electrons. The topological polar surface area (TPSA) is 69.4 Å². The lowest BCUT2D eigenvalue weighted by molar-refractivity contribution is -0.512. The largest absolute Gasteiger partial charge is 0.464 e. The van der Waals surface area contributed by atoms with Crippen LogP contribution in [0.5, 0.6) is 0 Å². The van der Waals surface area contributed by atoms with Crippen LogP contribution in [0.1, 0.15) is 11.5 Å². The summed E-state index contributed by atoms with van der Waals surface area (Å²) in [5.74, 6) is -1.57. The number of benzene rings is 1. The maximum atomic E-state index is 11.4. The average Bonchev–Trinajstić information content (AvgIpc) is 2.35. The second-order valence-electron chi connectivity index (χ2n) is 3.43. The zero-order valence-electron chi connectivity index (χ0n) is 9.41. The molecule has 2 atom stereocenters. The summed E-state index contributed by atoms with van der Waals surface area (Å²) < 4.78 is 4.45. The first-order valence-corrected chi connectivity index (χ1v) is 5.00. The SMILES string of the molecule is C=CC(c1ccccc1)C(C(=O)OC)[N+](=O)[O-]. The Morgan fingerprint density at radius 3 is 2.47 bits per heavy atom. The summed E-state index contributed by atoms with van der Waals surface area (Å²) in [5.41, 5.74) is 0.662. The van der Waals surface area contributed by atoms with Crippen molar-refractivity contribution in [1.82, 2.24) is 0 Å². The molecular weight excluding hydrogens is 222 g/mol. The van der Waals surface area contributed by atoms with E-state index < -0.39 is 22.9 Å². The van der Waals surface area contributed by atoms with Gasteiger partial charge in [-0.3, -0.25) is 10.1 Å². The van der Waals surface area contributed by atoms with E-state index in [2.05, 4.69) is 11.3 Å². The van der Waals surface area contributed by atoms with Gasteiger partial charge in [0, 0.05) is 4.92 Å². The molecule has 0 saturated carbocycles. The Kier molecular flexibility index (Phi) is 4.39. The minimum Gasteiger partial charge on any atom is -0.464 e. The third-order valence-electron chi connectivity index (χ3n) is 2.45. The van der Waals surface area contributed by atoms with Crippen LogP contribution in [0.2, 0.25) is 0 Å². The number of rotatable bonds is 5. The van der Waals surface area contributed by atoms with Crippen molar-refractivity contribution in [3.05, 3.63) is 58.7 Å². The molecular formula is C12H13NO4. The van der Waals surface area contributed by atoms with Gasteiger partial charge in [-0.25, -0.2) is 4.79 Å². The van der Waals surface area contributed by atoms with E-state index in [9.17, 15) is 14.9 Å². The summed E-state index contributed by atoms with van der Waals surface area (Å²) in [6.45, 7) is 3.55. The van der Waals surface area contributed by atoms with Crippen molar-refractivity contribution < 1.29 is 14.5 Å². The zero-order valence-corrected chi connectivity index (χ0v) is 9.41. The molecule has 0 aliphatic carbocycles. The quantitative estimate of drug-likeness (QED) is 0.337. The molecule has 5 nitrogen and oxygen atoms in total. The Morgan fingerprint density at radius 1 is 1.47 bits per heavy atom. The van der Waals surface area contributed by atoms with E-state index in [0.717, 1.165) is 7.11 Å². The van der Waals surface area contributed by atoms with Crippen LogP contribution in [0, 0.1) is 10.1 Å². The Balaban J connectivity index is 3.10. The Bertz CT molecular complexity index is 416. The maximum Gasteiger partial charge on any atom is 0.382 e. The van der Waals surface area contributed by atoms with Crippen LogP contribution in [0.3, 0.4) is 0 Å². The molecule has 0 radical (unpaired) electrons. The Morgan fingerprint density at radius 2 is 2.06 bits per heavy atom. The molecule has 2 unspecified atom stereocenters. The first kappa shape index (κ1) is 12.9. The second-order valence-corrected chi connectivity index (χ2v) is 3.43. The predicted octanol–water partition coefficient (Wildman–Crippen LogP) is 1.77. The molecule has 0 N–H and O–H groups in total. The van der Waals surface area contributed by atoms with Gasteiger partial charge < -0.3 is 4.74 Å². The summed E-state index contributed by atoms with van der Waals surface area (Å²) >= 11 is 0. The molecule has 0 aromatic heterocycles. The third kappa shape index (κ3) is 2.90. The van der Waals surface area contributed by atoms with Crippen molar-refractivity contribution in [2.45, 2.75) is 12.0 Å². The third-order valence-corrected chi connectivity index (χ3v) is 2.45. The average molecular weight is 235 g/mol. The first-order valence-electron chi connectivity index (χ1n) is 5.00. The molecule has 5 heteroatoms. The number of hydrogen-bond donors (Lipinski definition) is 0. The fourth-order valence-electron chi connectivity index (χ4n) is 1.61. The van der Waals surface area contributed by atoms with Crippen molar-refractivity contribution in [2.24, 2.45) is 0 Å². The maximum absolute atomic E-state index is 11.4. The normalized spacial score (nSPS) is 13.5. The van der Waals surface area contributed by atoms with Crippen LogP contribution in [-0.4, -0.2) is 24.0 Å². The van der Waals surface area contributed by atoms with E-state index in [1.807, 2.05) is 0 Å². The molecule has 0 aliphatic heterocycles. The molecule has 0 heterocycles. The van der Waals surface area contributed by atoms with Crippen LogP contribution in [0.15, 0.2) is 43.0 Å². The Labute approximate surface area is 98.9 Å².